The minimum atomic E-state index is -0.518. The molecule has 2 aromatic heterocycles. The number of nitrogens with one attached hydrogen (secondary N) is 1. The lowest BCUT2D eigenvalue weighted by Crippen LogP contribution is -2.15. The van der Waals surface area contributed by atoms with Crippen LogP contribution in [0.5, 0.6) is 0 Å². The van der Waals surface area contributed by atoms with Crippen LogP contribution in [0, 0.1) is 24.0 Å². The number of fused-ring (bicyclic) bond motifs is 1. The molecule has 3 rings (SSSR count). The quantitative estimate of drug-likeness (QED) is 0.577. The summed E-state index contributed by atoms with van der Waals surface area (Å²) in [6.45, 7) is 3.74. The van der Waals surface area contributed by atoms with E-state index in [2.05, 4.69) is 20.4 Å². The van der Waals surface area contributed by atoms with Crippen molar-refractivity contribution in [3.05, 3.63) is 57.7 Å². The van der Waals surface area contributed by atoms with E-state index in [-0.39, 0.29) is 18.0 Å². The number of nitro groups is 1. The molecule has 0 saturated carbocycles. The number of non-ortho nitro benzene ring substituents is 1. The molecule has 9 nitrogen and oxygen atoms in total. The Morgan fingerprint density at radius 2 is 2.08 bits per heavy atom. The molecule has 0 fully saturated rings. The second kappa shape index (κ2) is 6.03. The molecule has 2 heterocycles. The molecule has 0 bridgehead atoms. The van der Waals surface area contributed by atoms with Crippen LogP contribution in [-0.4, -0.2) is 30.4 Å². The summed E-state index contributed by atoms with van der Waals surface area (Å²) in [5, 5.41) is 17.6. The molecular weight excluding hydrogens is 312 g/mol. The van der Waals surface area contributed by atoms with Crippen molar-refractivity contribution in [2.45, 2.75) is 20.3 Å². The first-order valence-corrected chi connectivity index (χ1v) is 7.16. The highest BCUT2D eigenvalue weighted by atomic mass is 16.6. The molecule has 1 N–H and O–H groups in total. The summed E-state index contributed by atoms with van der Waals surface area (Å²) < 4.78 is 1.57. The Hall–Kier alpha value is -3.36. The lowest BCUT2D eigenvalue weighted by molar-refractivity contribution is -0.384. The summed E-state index contributed by atoms with van der Waals surface area (Å²) in [6.07, 6.45) is -0.0511. The van der Waals surface area contributed by atoms with Crippen molar-refractivity contribution in [2.24, 2.45) is 0 Å². The molecule has 0 saturated heterocycles. The molecule has 0 atom stereocenters. The number of rotatable bonds is 4. The average molecular weight is 326 g/mol. The van der Waals surface area contributed by atoms with Gasteiger partial charge in [0.15, 0.2) is 5.82 Å². The SMILES string of the molecule is Cc1cc(C)n2nc(CC(=O)Nc3cccc([N+](=O)[O-])c3)nc2n1. The maximum absolute atomic E-state index is 12.1. The zero-order chi connectivity index (χ0) is 17.3. The molecule has 9 heteroatoms. The smallest absolute Gasteiger partial charge is 0.271 e. The topological polar surface area (TPSA) is 115 Å². The van der Waals surface area contributed by atoms with Gasteiger partial charge in [-0.25, -0.2) is 9.50 Å². The first kappa shape index (κ1) is 15.5. The van der Waals surface area contributed by atoms with Crippen molar-refractivity contribution in [1.29, 1.82) is 0 Å². The monoisotopic (exact) mass is 326 g/mol. The molecule has 3 aromatic rings. The van der Waals surface area contributed by atoms with E-state index in [1.165, 1.54) is 18.2 Å². The minimum Gasteiger partial charge on any atom is -0.325 e. The van der Waals surface area contributed by atoms with Crippen molar-refractivity contribution in [3.63, 3.8) is 0 Å². The van der Waals surface area contributed by atoms with Crippen LogP contribution in [-0.2, 0) is 11.2 Å². The van der Waals surface area contributed by atoms with Gasteiger partial charge < -0.3 is 5.32 Å². The van der Waals surface area contributed by atoms with E-state index < -0.39 is 4.92 Å². The Kier molecular flexibility index (Phi) is 3.90. The summed E-state index contributed by atoms with van der Waals surface area (Å²) >= 11 is 0. The van der Waals surface area contributed by atoms with Crippen LogP contribution < -0.4 is 5.32 Å². The second-order valence-corrected chi connectivity index (χ2v) is 5.31. The number of carbonyl (C=O) groups is 1. The van der Waals surface area contributed by atoms with Gasteiger partial charge in [0.2, 0.25) is 5.91 Å². The molecule has 1 aromatic carbocycles. The Morgan fingerprint density at radius 1 is 1.29 bits per heavy atom. The number of aryl methyl sites for hydroxylation is 2. The van der Waals surface area contributed by atoms with E-state index in [0.717, 1.165) is 11.4 Å². The van der Waals surface area contributed by atoms with Crippen molar-refractivity contribution in [2.75, 3.05) is 5.32 Å². The van der Waals surface area contributed by atoms with Crippen molar-refractivity contribution in [1.82, 2.24) is 19.6 Å². The van der Waals surface area contributed by atoms with Crippen LogP contribution in [0.2, 0.25) is 0 Å². The number of nitro benzene ring substituents is 1. The van der Waals surface area contributed by atoms with Gasteiger partial charge in [-0.1, -0.05) is 6.07 Å². The Balaban J connectivity index is 1.76. The van der Waals surface area contributed by atoms with Crippen molar-refractivity contribution < 1.29 is 9.72 Å². The molecule has 0 spiro atoms. The fraction of sp³-hybridized carbons (Fsp3) is 0.200. The number of hydrogen-bond donors (Lipinski definition) is 1. The molecule has 0 aliphatic heterocycles. The standard InChI is InChI=1S/C15H14N6O3/c1-9-6-10(2)20-15(16-9)18-13(19-20)8-14(22)17-11-4-3-5-12(7-11)21(23)24/h3-7H,8H2,1-2H3,(H,17,22). The summed E-state index contributed by atoms with van der Waals surface area (Å²) in [6, 6.07) is 7.61. The van der Waals surface area contributed by atoms with Gasteiger partial charge in [0, 0.05) is 29.2 Å². The fourth-order valence-electron chi connectivity index (χ4n) is 2.33. The molecule has 0 aliphatic rings. The average Bonchev–Trinajstić information content (AvgIpc) is 2.89. The summed E-state index contributed by atoms with van der Waals surface area (Å²) in [5.74, 6) is 0.408. The summed E-state index contributed by atoms with van der Waals surface area (Å²) in [7, 11) is 0. The highest BCUT2D eigenvalue weighted by molar-refractivity contribution is 5.92. The zero-order valence-electron chi connectivity index (χ0n) is 13.1. The van der Waals surface area contributed by atoms with Crippen molar-refractivity contribution >= 4 is 23.1 Å². The summed E-state index contributed by atoms with van der Waals surface area (Å²) in [4.78, 5) is 30.8. The number of nitrogens with zero attached hydrogens (tertiary/aromatic N) is 5. The van der Waals surface area contributed by atoms with Gasteiger partial charge in [-0.3, -0.25) is 14.9 Å². The maximum Gasteiger partial charge on any atom is 0.271 e. The Labute approximate surface area is 136 Å². The van der Waals surface area contributed by atoms with Gasteiger partial charge in [-0.2, -0.15) is 4.98 Å². The number of anilines is 1. The van der Waals surface area contributed by atoms with Gasteiger partial charge in [-0.15, -0.1) is 5.10 Å². The van der Waals surface area contributed by atoms with Crippen LogP contribution in [0.4, 0.5) is 11.4 Å². The Bertz CT molecular complexity index is 950. The molecule has 0 aliphatic carbocycles. The van der Waals surface area contributed by atoms with E-state index in [0.29, 0.717) is 17.3 Å². The van der Waals surface area contributed by atoms with Crippen LogP contribution in [0.3, 0.4) is 0 Å². The van der Waals surface area contributed by atoms with Crippen LogP contribution >= 0.6 is 0 Å². The fourth-order valence-corrected chi connectivity index (χ4v) is 2.33. The van der Waals surface area contributed by atoms with Crippen LogP contribution in [0.25, 0.3) is 5.78 Å². The third-order valence-corrected chi connectivity index (χ3v) is 3.32. The molecule has 0 unspecified atom stereocenters. The first-order valence-electron chi connectivity index (χ1n) is 7.16. The van der Waals surface area contributed by atoms with Crippen molar-refractivity contribution in [3.8, 4) is 0 Å². The number of carbonyl (C=O) groups excluding carboxylic acids is 1. The van der Waals surface area contributed by atoms with E-state index in [1.54, 1.807) is 10.6 Å². The molecule has 0 radical (unpaired) electrons. The second-order valence-electron chi connectivity index (χ2n) is 5.31. The molecule has 24 heavy (non-hydrogen) atoms. The lowest BCUT2D eigenvalue weighted by atomic mass is 10.2. The molecular formula is C15H14N6O3. The number of aromatic nitrogens is 4. The van der Waals surface area contributed by atoms with E-state index in [9.17, 15) is 14.9 Å². The van der Waals surface area contributed by atoms with Gasteiger partial charge in [-0.05, 0) is 26.0 Å². The normalized spacial score (nSPS) is 10.8. The van der Waals surface area contributed by atoms with Gasteiger partial charge in [0.05, 0.1) is 11.3 Å². The molecule has 1 amide bonds. The highest BCUT2D eigenvalue weighted by Gasteiger charge is 2.13. The molecule has 122 valence electrons. The predicted octanol–water partition coefficient (Wildman–Crippen LogP) is 1.83. The van der Waals surface area contributed by atoms with Gasteiger partial charge in [0.1, 0.15) is 0 Å². The maximum atomic E-state index is 12.1. The van der Waals surface area contributed by atoms with Crippen LogP contribution in [0.15, 0.2) is 30.3 Å². The Morgan fingerprint density at radius 3 is 2.83 bits per heavy atom. The number of amides is 1. The van der Waals surface area contributed by atoms with E-state index in [4.69, 9.17) is 0 Å². The zero-order valence-corrected chi connectivity index (χ0v) is 13.1. The third kappa shape index (κ3) is 3.19. The lowest BCUT2D eigenvalue weighted by Gasteiger charge is -2.03. The van der Waals surface area contributed by atoms with E-state index >= 15 is 0 Å². The minimum absolute atomic E-state index is 0.0511. The number of hydrogen-bond acceptors (Lipinski definition) is 6. The highest BCUT2D eigenvalue weighted by Crippen LogP contribution is 2.17. The van der Waals surface area contributed by atoms with Gasteiger partial charge in [0.25, 0.3) is 11.5 Å². The summed E-state index contributed by atoms with van der Waals surface area (Å²) in [5.41, 5.74) is 1.95. The van der Waals surface area contributed by atoms with Gasteiger partial charge >= 0.3 is 0 Å². The predicted molar refractivity (Wildman–Crippen MR) is 85.7 cm³/mol. The van der Waals surface area contributed by atoms with E-state index in [1.807, 2.05) is 19.9 Å². The third-order valence-electron chi connectivity index (χ3n) is 3.32. The largest absolute Gasteiger partial charge is 0.325 e. The van der Waals surface area contributed by atoms with Crippen LogP contribution in [0.1, 0.15) is 17.2 Å². The first-order chi connectivity index (χ1) is 11.4. The number of benzene rings is 1.